The molecule has 0 amide bonds. The molecule has 1 fully saturated rings. The third-order valence-corrected chi connectivity index (χ3v) is 4.50. The van der Waals surface area contributed by atoms with E-state index in [9.17, 15) is 0 Å². The van der Waals surface area contributed by atoms with Gasteiger partial charge in [0.1, 0.15) is 5.82 Å². The van der Waals surface area contributed by atoms with Gasteiger partial charge in [-0.25, -0.2) is 4.99 Å². The molecule has 4 heterocycles. The molecule has 2 aromatic heterocycles. The first kappa shape index (κ1) is 14.2. The summed E-state index contributed by atoms with van der Waals surface area (Å²) in [5.41, 5.74) is 2.06. The van der Waals surface area contributed by atoms with Gasteiger partial charge in [0, 0.05) is 43.0 Å². The number of fused-ring (bicyclic) bond motifs is 1. The van der Waals surface area contributed by atoms with E-state index in [-0.39, 0.29) is 0 Å². The average Bonchev–Trinajstić information content (AvgIpc) is 3.17. The molecule has 2 aliphatic rings. The smallest absolute Gasteiger partial charge is 0.229 e. The Morgan fingerprint density at radius 1 is 1.26 bits per heavy atom. The predicted octanol–water partition coefficient (Wildman–Crippen LogP) is 2.75. The molecule has 0 bridgehead atoms. The Kier molecular flexibility index (Phi) is 3.48. The van der Waals surface area contributed by atoms with Crippen molar-refractivity contribution in [2.75, 3.05) is 23.3 Å². The maximum absolute atomic E-state index is 4.77. The van der Waals surface area contributed by atoms with Crippen molar-refractivity contribution in [3.63, 3.8) is 0 Å². The van der Waals surface area contributed by atoms with Crippen LogP contribution in [0.5, 0.6) is 0 Å². The Morgan fingerprint density at radius 3 is 2.83 bits per heavy atom. The fraction of sp³-hybridized carbons (Fsp3) is 0.500. The highest BCUT2D eigenvalue weighted by Crippen LogP contribution is 2.32. The summed E-state index contributed by atoms with van der Waals surface area (Å²) in [5, 5.41) is 10.5. The maximum atomic E-state index is 4.77. The average molecular weight is 311 g/mol. The molecule has 120 valence electrons. The van der Waals surface area contributed by atoms with Crippen LogP contribution in [0.15, 0.2) is 11.1 Å². The van der Waals surface area contributed by atoms with E-state index in [2.05, 4.69) is 37.3 Å². The van der Waals surface area contributed by atoms with E-state index in [0.717, 1.165) is 60.1 Å². The standard InChI is InChI=1S/C16H21N7/c1-10-4-7-23(8-5-10)16-19-14-12(3-6-17-14)15(20-16)18-13-9-11(2)21-22-13/h6,9-10H,3-5,7-8H2,1-2H3,(H2,18,19,20,21,22). The topological polar surface area (TPSA) is 82.1 Å². The Bertz CT molecular complexity index is 741. The van der Waals surface area contributed by atoms with Crippen molar-refractivity contribution < 1.29 is 0 Å². The molecule has 4 rings (SSSR count). The van der Waals surface area contributed by atoms with E-state index in [1.54, 1.807) is 0 Å². The first-order valence-corrected chi connectivity index (χ1v) is 8.16. The van der Waals surface area contributed by atoms with Crippen molar-refractivity contribution in [3.8, 4) is 0 Å². The van der Waals surface area contributed by atoms with Gasteiger partial charge in [0.15, 0.2) is 11.6 Å². The van der Waals surface area contributed by atoms with Crippen LogP contribution in [-0.2, 0) is 6.42 Å². The van der Waals surface area contributed by atoms with Crippen LogP contribution in [0.3, 0.4) is 0 Å². The summed E-state index contributed by atoms with van der Waals surface area (Å²) in [6, 6.07) is 1.96. The van der Waals surface area contributed by atoms with E-state index in [1.807, 2.05) is 19.2 Å². The summed E-state index contributed by atoms with van der Waals surface area (Å²) in [5.74, 6) is 3.91. The van der Waals surface area contributed by atoms with Gasteiger partial charge in [-0.3, -0.25) is 5.10 Å². The third kappa shape index (κ3) is 2.78. The molecular formula is C16H21N7. The van der Waals surface area contributed by atoms with Gasteiger partial charge in [-0.1, -0.05) is 6.92 Å². The van der Waals surface area contributed by atoms with Crippen molar-refractivity contribution in [3.05, 3.63) is 17.3 Å². The van der Waals surface area contributed by atoms with Crippen LogP contribution >= 0.6 is 0 Å². The first-order chi connectivity index (χ1) is 11.2. The third-order valence-electron chi connectivity index (χ3n) is 4.50. The molecule has 0 spiro atoms. The number of H-pyrrole nitrogens is 1. The van der Waals surface area contributed by atoms with Crippen LogP contribution < -0.4 is 10.2 Å². The molecule has 2 aromatic rings. The second-order valence-electron chi connectivity index (χ2n) is 6.42. The molecule has 23 heavy (non-hydrogen) atoms. The number of hydrogen-bond donors (Lipinski definition) is 2. The number of rotatable bonds is 3. The zero-order chi connectivity index (χ0) is 15.8. The highest BCUT2D eigenvalue weighted by Gasteiger charge is 2.23. The lowest BCUT2D eigenvalue weighted by molar-refractivity contribution is 0.434. The number of aromatic amines is 1. The molecule has 2 N–H and O–H groups in total. The van der Waals surface area contributed by atoms with Crippen LogP contribution in [0.1, 0.15) is 31.0 Å². The van der Waals surface area contributed by atoms with Gasteiger partial charge >= 0.3 is 0 Å². The van der Waals surface area contributed by atoms with Gasteiger partial charge in [-0.2, -0.15) is 15.1 Å². The molecule has 0 unspecified atom stereocenters. The second kappa shape index (κ2) is 5.64. The monoisotopic (exact) mass is 311 g/mol. The van der Waals surface area contributed by atoms with Gasteiger partial charge in [0.25, 0.3) is 0 Å². The lowest BCUT2D eigenvalue weighted by Gasteiger charge is -2.30. The number of nitrogens with one attached hydrogen (secondary N) is 2. The Morgan fingerprint density at radius 2 is 2.09 bits per heavy atom. The lowest BCUT2D eigenvalue weighted by Crippen LogP contribution is -2.34. The minimum atomic E-state index is 0.762. The number of aryl methyl sites for hydroxylation is 1. The fourth-order valence-corrected chi connectivity index (χ4v) is 3.04. The maximum Gasteiger partial charge on any atom is 0.229 e. The van der Waals surface area contributed by atoms with E-state index < -0.39 is 0 Å². The van der Waals surface area contributed by atoms with Crippen LogP contribution in [0, 0.1) is 12.8 Å². The molecule has 2 aliphatic heterocycles. The summed E-state index contributed by atoms with van der Waals surface area (Å²) in [4.78, 5) is 16.1. The van der Waals surface area contributed by atoms with Crippen molar-refractivity contribution in [1.29, 1.82) is 0 Å². The number of piperidine rings is 1. The van der Waals surface area contributed by atoms with Crippen LogP contribution in [0.2, 0.25) is 0 Å². The number of aliphatic imine (C=N–C) groups is 1. The van der Waals surface area contributed by atoms with Crippen LogP contribution in [0.4, 0.5) is 23.4 Å². The van der Waals surface area contributed by atoms with Gasteiger partial charge < -0.3 is 10.2 Å². The van der Waals surface area contributed by atoms with Gasteiger partial charge in [-0.05, 0) is 25.7 Å². The van der Waals surface area contributed by atoms with E-state index >= 15 is 0 Å². The summed E-state index contributed by atoms with van der Waals surface area (Å²) in [6.45, 7) is 6.29. The van der Waals surface area contributed by atoms with E-state index in [0.29, 0.717) is 0 Å². The molecule has 1 saturated heterocycles. The van der Waals surface area contributed by atoms with Crippen molar-refractivity contribution in [1.82, 2.24) is 20.2 Å². The van der Waals surface area contributed by atoms with Gasteiger partial charge in [0.05, 0.1) is 0 Å². The molecule has 0 aliphatic carbocycles. The molecular weight excluding hydrogens is 290 g/mol. The molecule has 0 atom stereocenters. The molecule has 7 heteroatoms. The van der Waals surface area contributed by atoms with Crippen LogP contribution in [-0.4, -0.2) is 39.5 Å². The van der Waals surface area contributed by atoms with Gasteiger partial charge in [-0.15, -0.1) is 0 Å². The Labute approximate surface area is 135 Å². The lowest BCUT2D eigenvalue weighted by atomic mass is 10.00. The van der Waals surface area contributed by atoms with Crippen LogP contribution in [0.25, 0.3) is 0 Å². The van der Waals surface area contributed by atoms with E-state index in [4.69, 9.17) is 4.98 Å². The van der Waals surface area contributed by atoms with Crippen molar-refractivity contribution in [2.24, 2.45) is 10.9 Å². The number of anilines is 3. The zero-order valence-corrected chi connectivity index (χ0v) is 13.5. The highest BCUT2D eigenvalue weighted by atomic mass is 15.3. The normalized spacial score (nSPS) is 17.6. The molecule has 0 saturated carbocycles. The zero-order valence-electron chi connectivity index (χ0n) is 13.5. The number of nitrogens with zero attached hydrogens (tertiary/aromatic N) is 5. The quantitative estimate of drug-likeness (QED) is 0.911. The molecule has 0 aromatic carbocycles. The number of hydrogen-bond acceptors (Lipinski definition) is 6. The summed E-state index contributed by atoms with van der Waals surface area (Å²) in [7, 11) is 0. The number of aromatic nitrogens is 4. The second-order valence-corrected chi connectivity index (χ2v) is 6.42. The highest BCUT2D eigenvalue weighted by molar-refractivity contribution is 5.80. The fourth-order valence-electron chi connectivity index (χ4n) is 3.04. The minimum Gasteiger partial charge on any atom is -0.341 e. The molecule has 7 nitrogen and oxygen atoms in total. The largest absolute Gasteiger partial charge is 0.341 e. The Hall–Kier alpha value is -2.44. The van der Waals surface area contributed by atoms with Crippen molar-refractivity contribution in [2.45, 2.75) is 33.1 Å². The van der Waals surface area contributed by atoms with Crippen molar-refractivity contribution >= 4 is 29.6 Å². The summed E-state index contributed by atoms with van der Waals surface area (Å²) < 4.78 is 0. The summed E-state index contributed by atoms with van der Waals surface area (Å²) >= 11 is 0. The Balaban J connectivity index is 1.65. The van der Waals surface area contributed by atoms with E-state index in [1.165, 1.54) is 12.8 Å². The SMILES string of the molecule is Cc1cc(Nc2nc(N3CCC(C)CC3)nc3c2CC=N3)n[nH]1. The predicted molar refractivity (Wildman–Crippen MR) is 91.1 cm³/mol. The minimum absolute atomic E-state index is 0.762. The summed E-state index contributed by atoms with van der Waals surface area (Å²) in [6.07, 6.45) is 5.02. The van der Waals surface area contributed by atoms with Gasteiger partial charge in [0.2, 0.25) is 5.95 Å². The first-order valence-electron chi connectivity index (χ1n) is 8.16. The molecule has 0 radical (unpaired) electrons.